The Kier molecular flexibility index (Phi) is 3.67. The Bertz CT molecular complexity index is 376. The van der Waals surface area contributed by atoms with Gasteiger partial charge in [-0.15, -0.1) is 11.3 Å². The van der Waals surface area contributed by atoms with E-state index in [1.165, 1.54) is 0 Å². The van der Waals surface area contributed by atoms with Gasteiger partial charge in [0.05, 0.1) is 24.7 Å². The van der Waals surface area contributed by atoms with E-state index in [4.69, 9.17) is 9.47 Å². The third kappa shape index (κ3) is 2.95. The van der Waals surface area contributed by atoms with Crippen molar-refractivity contribution < 1.29 is 27.8 Å². The first-order valence-corrected chi connectivity index (χ1v) is 5.70. The number of ether oxygens (including phenoxy) is 2. The molecule has 8 heteroatoms. The Morgan fingerprint density at radius 1 is 1.47 bits per heavy atom. The fraction of sp³-hybridized carbons (Fsp3) is 0.667. The van der Waals surface area contributed by atoms with Crippen LogP contribution >= 0.6 is 11.3 Å². The van der Waals surface area contributed by atoms with Crippen molar-refractivity contribution in [1.29, 1.82) is 0 Å². The maximum atomic E-state index is 12.3. The number of halogens is 3. The van der Waals surface area contributed by atoms with Gasteiger partial charge in [0.25, 0.3) is 0 Å². The van der Waals surface area contributed by atoms with Crippen LogP contribution in [0.25, 0.3) is 0 Å². The number of aromatic nitrogens is 1. The van der Waals surface area contributed by atoms with Gasteiger partial charge in [-0.05, 0) is 0 Å². The van der Waals surface area contributed by atoms with Crippen molar-refractivity contribution in [2.75, 3.05) is 19.8 Å². The van der Waals surface area contributed by atoms with E-state index < -0.39 is 23.4 Å². The summed E-state index contributed by atoms with van der Waals surface area (Å²) in [6, 6.07) is 0. The van der Waals surface area contributed by atoms with E-state index in [-0.39, 0.29) is 11.5 Å². The first-order chi connectivity index (χ1) is 7.98. The standard InChI is InChI=1S/C9H10F3NO3S/c10-9(11,12)8-13-3-6(17-8)7(14)5-4-15-1-2-16-5/h3,5,7,14H,1-2,4H2. The summed E-state index contributed by atoms with van der Waals surface area (Å²) in [4.78, 5) is 3.37. The van der Waals surface area contributed by atoms with Gasteiger partial charge in [-0.25, -0.2) is 4.98 Å². The molecular formula is C9H10F3NO3S. The number of aliphatic hydroxyl groups excluding tert-OH is 1. The smallest absolute Gasteiger partial charge is 0.385 e. The second-order valence-corrected chi connectivity index (χ2v) is 4.56. The van der Waals surface area contributed by atoms with Gasteiger partial charge < -0.3 is 14.6 Å². The van der Waals surface area contributed by atoms with E-state index in [0.717, 1.165) is 6.20 Å². The van der Waals surface area contributed by atoms with Crippen LogP contribution in [0.2, 0.25) is 0 Å². The number of nitrogens with zero attached hydrogens (tertiary/aromatic N) is 1. The Balaban J connectivity index is 2.08. The highest BCUT2D eigenvalue weighted by molar-refractivity contribution is 7.11. The van der Waals surface area contributed by atoms with Crippen molar-refractivity contribution in [1.82, 2.24) is 4.98 Å². The van der Waals surface area contributed by atoms with Crippen LogP contribution in [0.3, 0.4) is 0 Å². The number of hydrogen-bond acceptors (Lipinski definition) is 5. The molecular weight excluding hydrogens is 259 g/mol. The molecule has 1 aliphatic heterocycles. The van der Waals surface area contributed by atoms with E-state index in [1.807, 2.05) is 0 Å². The zero-order valence-corrected chi connectivity index (χ0v) is 9.42. The molecule has 0 spiro atoms. The lowest BCUT2D eigenvalue weighted by atomic mass is 10.2. The van der Waals surface area contributed by atoms with Crippen LogP contribution in [0.5, 0.6) is 0 Å². The average molecular weight is 269 g/mol. The van der Waals surface area contributed by atoms with Gasteiger partial charge in [0.2, 0.25) is 0 Å². The van der Waals surface area contributed by atoms with Crippen LogP contribution in [-0.4, -0.2) is 36.0 Å². The summed E-state index contributed by atoms with van der Waals surface area (Å²) >= 11 is 0.420. The highest BCUT2D eigenvalue weighted by atomic mass is 32.1. The minimum absolute atomic E-state index is 0.132. The molecule has 0 aliphatic carbocycles. The highest BCUT2D eigenvalue weighted by Crippen LogP contribution is 2.35. The second kappa shape index (κ2) is 4.89. The summed E-state index contributed by atoms with van der Waals surface area (Å²) in [5.41, 5.74) is 0. The molecule has 1 fully saturated rings. The van der Waals surface area contributed by atoms with E-state index >= 15 is 0 Å². The average Bonchev–Trinajstić information content (AvgIpc) is 2.78. The summed E-state index contributed by atoms with van der Waals surface area (Å²) < 4.78 is 47.2. The molecule has 2 atom stereocenters. The molecule has 4 nitrogen and oxygen atoms in total. The van der Waals surface area contributed by atoms with Crippen molar-refractivity contribution in [3.05, 3.63) is 16.1 Å². The number of hydrogen-bond donors (Lipinski definition) is 1. The summed E-state index contributed by atoms with van der Waals surface area (Å²) in [6.07, 6.45) is -5.22. The van der Waals surface area contributed by atoms with Gasteiger partial charge in [0.1, 0.15) is 12.2 Å². The van der Waals surface area contributed by atoms with Crippen molar-refractivity contribution in [3.63, 3.8) is 0 Å². The Labute approximate surface area is 99.0 Å². The molecule has 1 aromatic rings. The predicted molar refractivity (Wildman–Crippen MR) is 52.6 cm³/mol. The number of thiazole rings is 1. The lowest BCUT2D eigenvalue weighted by Gasteiger charge is -2.26. The third-order valence-corrected chi connectivity index (χ3v) is 3.36. The molecule has 2 rings (SSSR count). The Morgan fingerprint density at radius 2 is 2.24 bits per heavy atom. The van der Waals surface area contributed by atoms with Gasteiger partial charge >= 0.3 is 6.18 Å². The molecule has 2 unspecified atom stereocenters. The summed E-state index contributed by atoms with van der Waals surface area (Å²) in [5.74, 6) is 0. The zero-order chi connectivity index (χ0) is 12.5. The van der Waals surface area contributed by atoms with E-state index in [2.05, 4.69) is 4.98 Å². The molecule has 2 heterocycles. The van der Waals surface area contributed by atoms with Crippen LogP contribution in [0, 0.1) is 0 Å². The van der Waals surface area contributed by atoms with Gasteiger partial charge in [0, 0.05) is 6.20 Å². The van der Waals surface area contributed by atoms with E-state index in [9.17, 15) is 18.3 Å². The largest absolute Gasteiger partial charge is 0.443 e. The normalized spacial score (nSPS) is 23.6. The molecule has 0 saturated carbocycles. The Hall–Kier alpha value is -0.700. The lowest BCUT2D eigenvalue weighted by Crippen LogP contribution is -2.33. The van der Waals surface area contributed by atoms with Crippen molar-refractivity contribution >= 4 is 11.3 Å². The molecule has 1 saturated heterocycles. The fourth-order valence-corrected chi connectivity index (χ4v) is 2.25. The Morgan fingerprint density at radius 3 is 2.76 bits per heavy atom. The van der Waals surface area contributed by atoms with Gasteiger partial charge in [-0.1, -0.05) is 0 Å². The topological polar surface area (TPSA) is 51.6 Å². The summed E-state index contributed by atoms with van der Waals surface area (Å²) in [7, 11) is 0. The monoisotopic (exact) mass is 269 g/mol. The third-order valence-electron chi connectivity index (χ3n) is 2.25. The van der Waals surface area contributed by atoms with Crippen LogP contribution in [0.1, 0.15) is 16.0 Å². The maximum absolute atomic E-state index is 12.3. The van der Waals surface area contributed by atoms with Crippen molar-refractivity contribution in [3.8, 4) is 0 Å². The van der Waals surface area contributed by atoms with Crippen molar-refractivity contribution in [2.45, 2.75) is 18.4 Å². The molecule has 0 amide bonds. The zero-order valence-electron chi connectivity index (χ0n) is 8.61. The summed E-state index contributed by atoms with van der Waals surface area (Å²) in [6.45, 7) is 0.923. The van der Waals surface area contributed by atoms with Crippen LogP contribution < -0.4 is 0 Å². The minimum atomic E-state index is -4.48. The maximum Gasteiger partial charge on any atom is 0.443 e. The predicted octanol–water partition coefficient (Wildman–Crippen LogP) is 1.61. The first-order valence-electron chi connectivity index (χ1n) is 4.89. The highest BCUT2D eigenvalue weighted by Gasteiger charge is 2.36. The molecule has 1 aliphatic rings. The summed E-state index contributed by atoms with van der Waals surface area (Å²) in [5, 5.41) is 8.85. The molecule has 96 valence electrons. The molecule has 0 radical (unpaired) electrons. The van der Waals surface area contributed by atoms with Gasteiger partial charge in [-0.2, -0.15) is 13.2 Å². The molecule has 1 N–H and O–H groups in total. The van der Waals surface area contributed by atoms with Gasteiger partial charge in [0.15, 0.2) is 5.01 Å². The molecule has 0 bridgehead atoms. The molecule has 0 aromatic carbocycles. The van der Waals surface area contributed by atoms with Crippen molar-refractivity contribution in [2.24, 2.45) is 0 Å². The molecule has 1 aromatic heterocycles. The SMILES string of the molecule is OC(c1cnc(C(F)(F)F)s1)C1COCCO1. The second-order valence-electron chi connectivity index (χ2n) is 3.49. The van der Waals surface area contributed by atoms with Crippen LogP contribution in [-0.2, 0) is 15.7 Å². The number of rotatable bonds is 2. The minimum Gasteiger partial charge on any atom is -0.385 e. The molecule has 17 heavy (non-hydrogen) atoms. The first kappa shape index (κ1) is 12.7. The number of aliphatic hydroxyl groups is 1. The van der Waals surface area contributed by atoms with E-state index in [1.54, 1.807) is 0 Å². The van der Waals surface area contributed by atoms with Gasteiger partial charge in [-0.3, -0.25) is 0 Å². The lowest BCUT2D eigenvalue weighted by molar-refractivity contribution is -0.137. The quantitative estimate of drug-likeness (QED) is 0.886. The van der Waals surface area contributed by atoms with Crippen LogP contribution in [0.15, 0.2) is 6.20 Å². The fourth-order valence-electron chi connectivity index (χ4n) is 1.43. The number of alkyl halides is 3. The van der Waals surface area contributed by atoms with Crippen LogP contribution in [0.4, 0.5) is 13.2 Å². The van der Waals surface area contributed by atoms with E-state index in [0.29, 0.717) is 24.6 Å².